The predicted molar refractivity (Wildman–Crippen MR) is 125 cm³/mol. The van der Waals surface area contributed by atoms with Gasteiger partial charge in [-0.05, 0) is 43.2 Å². The van der Waals surface area contributed by atoms with Crippen LogP contribution in [0, 0.1) is 13.8 Å². The van der Waals surface area contributed by atoms with Crippen LogP contribution < -0.4 is 4.74 Å². The average molecular weight is 446 g/mol. The van der Waals surface area contributed by atoms with Crippen LogP contribution in [-0.4, -0.2) is 52.2 Å². The number of methoxy groups -OCH3 is 2. The quantitative estimate of drug-likeness (QED) is 0.357. The van der Waals surface area contributed by atoms with Crippen LogP contribution in [0.2, 0.25) is 0 Å². The monoisotopic (exact) mass is 445 g/mol. The van der Waals surface area contributed by atoms with Crippen LogP contribution in [0.5, 0.6) is 5.88 Å². The second kappa shape index (κ2) is 10.3. The van der Waals surface area contributed by atoms with Gasteiger partial charge in [0.15, 0.2) is 11.6 Å². The maximum absolute atomic E-state index is 5.71. The molecule has 0 amide bonds. The van der Waals surface area contributed by atoms with Crippen LogP contribution in [0.15, 0.2) is 54.9 Å². The highest BCUT2D eigenvalue weighted by Gasteiger charge is 2.17. The van der Waals surface area contributed by atoms with E-state index in [0.29, 0.717) is 30.7 Å². The van der Waals surface area contributed by atoms with Crippen molar-refractivity contribution in [3.63, 3.8) is 0 Å². The molecule has 0 unspecified atom stereocenters. The van der Waals surface area contributed by atoms with Gasteiger partial charge in [-0.15, -0.1) is 10.2 Å². The normalized spacial score (nSPS) is 11.0. The molecular formula is C25H27N5O3. The van der Waals surface area contributed by atoms with E-state index in [1.165, 1.54) is 11.1 Å². The summed E-state index contributed by atoms with van der Waals surface area (Å²) in [6, 6.07) is 14.0. The second-order valence-corrected chi connectivity index (χ2v) is 7.56. The minimum atomic E-state index is 0.288. The zero-order chi connectivity index (χ0) is 23.2. The average Bonchev–Trinajstić information content (AvgIpc) is 3.27. The zero-order valence-corrected chi connectivity index (χ0v) is 19.3. The third-order valence-electron chi connectivity index (χ3n) is 5.48. The Balaban J connectivity index is 1.70. The number of rotatable bonds is 9. The van der Waals surface area contributed by atoms with Crippen LogP contribution in [0.4, 0.5) is 0 Å². The summed E-state index contributed by atoms with van der Waals surface area (Å²) >= 11 is 0. The number of ether oxygens (including phenoxy) is 3. The van der Waals surface area contributed by atoms with Crippen LogP contribution in [-0.2, 0) is 16.1 Å². The number of pyridine rings is 2. The molecule has 0 fully saturated rings. The molecule has 0 aliphatic carbocycles. The van der Waals surface area contributed by atoms with E-state index in [0.717, 1.165) is 22.5 Å². The Labute approximate surface area is 193 Å². The van der Waals surface area contributed by atoms with E-state index >= 15 is 0 Å². The number of nitrogens with zero attached hydrogens (tertiary/aromatic N) is 5. The van der Waals surface area contributed by atoms with E-state index in [1.807, 2.05) is 29.0 Å². The number of benzene rings is 1. The van der Waals surface area contributed by atoms with Gasteiger partial charge in [-0.3, -0.25) is 9.55 Å². The molecule has 1 aromatic carbocycles. The van der Waals surface area contributed by atoms with Gasteiger partial charge >= 0.3 is 0 Å². The summed E-state index contributed by atoms with van der Waals surface area (Å²) in [4.78, 5) is 9.06. The van der Waals surface area contributed by atoms with Gasteiger partial charge < -0.3 is 14.2 Å². The summed E-state index contributed by atoms with van der Waals surface area (Å²) < 4.78 is 17.9. The zero-order valence-electron chi connectivity index (χ0n) is 19.3. The number of hydrogen-bond donors (Lipinski definition) is 0. The van der Waals surface area contributed by atoms with E-state index in [2.05, 4.69) is 47.2 Å². The Bertz CT molecular complexity index is 1200. The van der Waals surface area contributed by atoms with Crippen molar-refractivity contribution >= 4 is 0 Å². The van der Waals surface area contributed by atoms with Crippen LogP contribution in [0.1, 0.15) is 17.0 Å². The molecule has 0 N–H and O–H groups in total. The van der Waals surface area contributed by atoms with Crippen molar-refractivity contribution in [3.8, 4) is 34.2 Å². The van der Waals surface area contributed by atoms with Gasteiger partial charge in [-0.25, -0.2) is 4.98 Å². The Kier molecular flexibility index (Phi) is 7.07. The Hall–Kier alpha value is -3.62. The van der Waals surface area contributed by atoms with E-state index in [1.54, 1.807) is 26.5 Å². The molecule has 0 aliphatic rings. The highest BCUT2D eigenvalue weighted by molar-refractivity contribution is 5.67. The maximum Gasteiger partial charge on any atom is 0.213 e. The lowest BCUT2D eigenvalue weighted by atomic mass is 10.0. The molecule has 33 heavy (non-hydrogen) atoms. The molecule has 8 heteroatoms. The fourth-order valence-corrected chi connectivity index (χ4v) is 3.51. The number of aromatic nitrogens is 5. The molecule has 4 rings (SSSR count). The molecule has 3 aromatic heterocycles. The van der Waals surface area contributed by atoms with Crippen LogP contribution in [0.25, 0.3) is 28.3 Å². The SMILES string of the molecule is COCCOCc1nnc(-c2ccc(-c3cccc(C)c3C)nc2)n1-c1ccc(OC)nc1. The topological polar surface area (TPSA) is 84.2 Å². The Morgan fingerprint density at radius 2 is 1.76 bits per heavy atom. The summed E-state index contributed by atoms with van der Waals surface area (Å²) in [7, 11) is 3.23. The molecule has 0 atom stereocenters. The third kappa shape index (κ3) is 4.92. The van der Waals surface area contributed by atoms with E-state index < -0.39 is 0 Å². The lowest BCUT2D eigenvalue weighted by Gasteiger charge is -2.12. The minimum Gasteiger partial charge on any atom is -0.481 e. The van der Waals surface area contributed by atoms with Gasteiger partial charge in [0.25, 0.3) is 0 Å². The standard InChI is InChI=1S/C25H27N5O3/c1-17-6-5-7-21(18(17)2)22-10-8-19(14-26-22)25-29-28-23(16-33-13-12-31-3)30(25)20-9-11-24(32-4)27-15-20/h5-11,14-15H,12-13,16H2,1-4H3. The molecule has 3 heterocycles. The molecule has 0 radical (unpaired) electrons. The van der Waals surface area contributed by atoms with E-state index in [-0.39, 0.29) is 6.61 Å². The van der Waals surface area contributed by atoms with Gasteiger partial charge in [0.1, 0.15) is 6.61 Å². The lowest BCUT2D eigenvalue weighted by Crippen LogP contribution is -2.08. The lowest BCUT2D eigenvalue weighted by molar-refractivity contribution is 0.0580. The minimum absolute atomic E-state index is 0.288. The second-order valence-electron chi connectivity index (χ2n) is 7.56. The molecule has 170 valence electrons. The molecule has 8 nitrogen and oxygen atoms in total. The van der Waals surface area contributed by atoms with Crippen molar-refractivity contribution in [3.05, 3.63) is 71.8 Å². The summed E-state index contributed by atoms with van der Waals surface area (Å²) in [6.07, 6.45) is 3.55. The van der Waals surface area contributed by atoms with Gasteiger partial charge in [0.05, 0.1) is 37.9 Å². The smallest absolute Gasteiger partial charge is 0.213 e. The van der Waals surface area contributed by atoms with Crippen molar-refractivity contribution < 1.29 is 14.2 Å². The Morgan fingerprint density at radius 1 is 0.879 bits per heavy atom. The first kappa shape index (κ1) is 22.6. The van der Waals surface area contributed by atoms with Gasteiger partial charge in [0, 0.05) is 30.5 Å². The van der Waals surface area contributed by atoms with Crippen molar-refractivity contribution in [2.45, 2.75) is 20.5 Å². The first-order valence-corrected chi connectivity index (χ1v) is 10.7. The predicted octanol–water partition coefficient (Wildman–Crippen LogP) is 4.18. The molecule has 0 bridgehead atoms. The third-order valence-corrected chi connectivity index (χ3v) is 5.48. The van der Waals surface area contributed by atoms with Gasteiger partial charge in [-0.2, -0.15) is 0 Å². The summed E-state index contributed by atoms with van der Waals surface area (Å²) in [5.41, 5.74) is 6.15. The fraction of sp³-hybridized carbons (Fsp3) is 0.280. The largest absolute Gasteiger partial charge is 0.481 e. The van der Waals surface area contributed by atoms with Crippen molar-refractivity contribution in [2.75, 3.05) is 27.4 Å². The highest BCUT2D eigenvalue weighted by atomic mass is 16.5. The summed E-state index contributed by atoms with van der Waals surface area (Å²) in [6.45, 7) is 5.48. The molecule has 0 saturated heterocycles. The molecule has 0 spiro atoms. The molecule has 0 aliphatic heterocycles. The van der Waals surface area contributed by atoms with Crippen molar-refractivity contribution in [1.82, 2.24) is 24.7 Å². The number of hydrogen-bond acceptors (Lipinski definition) is 7. The molecule has 4 aromatic rings. The van der Waals surface area contributed by atoms with Gasteiger partial charge in [0.2, 0.25) is 5.88 Å². The molecular weight excluding hydrogens is 418 g/mol. The fourth-order valence-electron chi connectivity index (χ4n) is 3.51. The van der Waals surface area contributed by atoms with Crippen LogP contribution >= 0.6 is 0 Å². The van der Waals surface area contributed by atoms with Crippen LogP contribution in [0.3, 0.4) is 0 Å². The number of aryl methyl sites for hydroxylation is 1. The van der Waals surface area contributed by atoms with Gasteiger partial charge in [-0.1, -0.05) is 18.2 Å². The van der Waals surface area contributed by atoms with Crippen molar-refractivity contribution in [1.29, 1.82) is 0 Å². The highest BCUT2D eigenvalue weighted by Crippen LogP contribution is 2.27. The summed E-state index contributed by atoms with van der Waals surface area (Å²) in [5, 5.41) is 8.82. The summed E-state index contributed by atoms with van der Waals surface area (Å²) in [5.74, 6) is 1.85. The first-order chi connectivity index (χ1) is 16.1. The first-order valence-electron chi connectivity index (χ1n) is 10.7. The van der Waals surface area contributed by atoms with E-state index in [9.17, 15) is 0 Å². The Morgan fingerprint density at radius 3 is 2.45 bits per heavy atom. The molecule has 0 saturated carbocycles. The maximum atomic E-state index is 5.71. The van der Waals surface area contributed by atoms with E-state index in [4.69, 9.17) is 19.2 Å². The van der Waals surface area contributed by atoms with Crippen molar-refractivity contribution in [2.24, 2.45) is 0 Å².